The summed E-state index contributed by atoms with van der Waals surface area (Å²) in [5.41, 5.74) is 7.47. The van der Waals surface area contributed by atoms with Crippen LogP contribution in [0, 0.1) is 0 Å². The van der Waals surface area contributed by atoms with Crippen molar-refractivity contribution in [2.24, 2.45) is 5.73 Å². The van der Waals surface area contributed by atoms with Gasteiger partial charge in [-0.1, -0.05) is 30.3 Å². The van der Waals surface area contributed by atoms with E-state index in [0.717, 1.165) is 5.56 Å². The highest BCUT2D eigenvalue weighted by Crippen LogP contribution is 2.04. The Balaban J connectivity index is 2.06. The van der Waals surface area contributed by atoms with Gasteiger partial charge in [-0.3, -0.25) is 19.2 Å². The van der Waals surface area contributed by atoms with Crippen LogP contribution in [0.2, 0.25) is 0 Å². The standard InChI is InChI=1S/C20H26N6O5S/c21-14(6-12-4-2-1-3-5-12)18(29)25-15(7-13-8-22-11-24-13)20(31)26-16(10-32)19(30)23-9-17(27)28/h1-5,8,11,14-16,32H,6-7,9-10,21H2,(H,22,24)(H,23,30)(H,25,29)(H,26,31)(H,27,28). The Morgan fingerprint density at radius 2 is 1.72 bits per heavy atom. The normalized spacial score (nSPS) is 13.4. The number of nitrogens with two attached hydrogens (primary N) is 1. The minimum atomic E-state index is -1.22. The molecule has 1 aromatic carbocycles. The van der Waals surface area contributed by atoms with E-state index in [-0.39, 0.29) is 18.6 Å². The highest BCUT2D eigenvalue weighted by atomic mass is 32.1. The van der Waals surface area contributed by atoms with Crippen molar-refractivity contribution in [1.82, 2.24) is 25.9 Å². The molecule has 11 nitrogen and oxygen atoms in total. The molecule has 0 aliphatic carbocycles. The van der Waals surface area contributed by atoms with Gasteiger partial charge in [-0.25, -0.2) is 4.98 Å². The molecule has 7 N–H and O–H groups in total. The number of nitrogens with zero attached hydrogens (tertiary/aromatic N) is 1. The first kappa shape index (κ1) is 24.9. The number of carboxylic acid groups (broad SMARTS) is 1. The quantitative estimate of drug-likeness (QED) is 0.190. The Morgan fingerprint density at radius 3 is 2.31 bits per heavy atom. The van der Waals surface area contributed by atoms with E-state index in [9.17, 15) is 19.2 Å². The number of hydrogen-bond acceptors (Lipinski definition) is 7. The summed E-state index contributed by atoms with van der Waals surface area (Å²) in [4.78, 5) is 55.0. The third-order valence-electron chi connectivity index (χ3n) is 4.48. The number of amides is 3. The summed E-state index contributed by atoms with van der Waals surface area (Å²) < 4.78 is 0. The molecule has 1 heterocycles. The van der Waals surface area contributed by atoms with Crippen molar-refractivity contribution in [1.29, 1.82) is 0 Å². The number of imidazole rings is 1. The number of aromatic nitrogens is 2. The predicted molar refractivity (Wildman–Crippen MR) is 119 cm³/mol. The summed E-state index contributed by atoms with van der Waals surface area (Å²) in [6, 6.07) is 6.16. The molecule has 1 aromatic heterocycles. The molecule has 0 spiro atoms. The van der Waals surface area contributed by atoms with Crippen LogP contribution in [0.5, 0.6) is 0 Å². The summed E-state index contributed by atoms with van der Waals surface area (Å²) in [6.07, 6.45) is 3.29. The smallest absolute Gasteiger partial charge is 0.322 e. The summed E-state index contributed by atoms with van der Waals surface area (Å²) in [5.74, 6) is -3.19. The van der Waals surface area contributed by atoms with E-state index < -0.39 is 48.4 Å². The first-order chi connectivity index (χ1) is 15.3. The summed E-state index contributed by atoms with van der Waals surface area (Å²) in [6.45, 7) is -0.596. The second-order valence-corrected chi connectivity index (χ2v) is 7.36. The molecule has 0 fully saturated rings. The van der Waals surface area contributed by atoms with Gasteiger partial charge >= 0.3 is 5.97 Å². The van der Waals surface area contributed by atoms with Gasteiger partial charge in [0.1, 0.15) is 18.6 Å². The second kappa shape index (κ2) is 12.5. The fourth-order valence-corrected chi connectivity index (χ4v) is 3.07. The van der Waals surface area contributed by atoms with Crippen molar-refractivity contribution < 1.29 is 24.3 Å². The van der Waals surface area contributed by atoms with Crippen molar-refractivity contribution >= 4 is 36.3 Å². The number of nitrogens with one attached hydrogen (secondary N) is 4. The van der Waals surface area contributed by atoms with Crippen molar-refractivity contribution in [3.63, 3.8) is 0 Å². The third-order valence-corrected chi connectivity index (χ3v) is 4.84. The molecule has 2 rings (SSSR count). The summed E-state index contributed by atoms with van der Waals surface area (Å²) in [5, 5.41) is 16.0. The van der Waals surface area contributed by atoms with Crippen LogP contribution in [-0.2, 0) is 32.0 Å². The van der Waals surface area contributed by atoms with Crippen LogP contribution in [0.25, 0.3) is 0 Å². The number of benzene rings is 1. The van der Waals surface area contributed by atoms with Crippen molar-refractivity contribution in [3.8, 4) is 0 Å². The Bertz CT molecular complexity index is 908. The average Bonchev–Trinajstić information content (AvgIpc) is 3.28. The van der Waals surface area contributed by atoms with E-state index in [1.54, 1.807) is 0 Å². The van der Waals surface area contributed by atoms with E-state index in [1.165, 1.54) is 12.5 Å². The molecule has 172 valence electrons. The predicted octanol–water partition coefficient (Wildman–Crippen LogP) is -1.38. The van der Waals surface area contributed by atoms with Gasteiger partial charge < -0.3 is 31.8 Å². The molecule has 0 saturated carbocycles. The van der Waals surface area contributed by atoms with E-state index in [2.05, 4.69) is 38.5 Å². The molecule has 0 aliphatic heterocycles. The lowest BCUT2D eigenvalue weighted by atomic mass is 10.0. The van der Waals surface area contributed by atoms with Crippen molar-refractivity contribution in [2.45, 2.75) is 31.0 Å². The maximum atomic E-state index is 12.9. The van der Waals surface area contributed by atoms with Crippen molar-refractivity contribution in [3.05, 3.63) is 54.1 Å². The molecule has 3 unspecified atom stereocenters. The summed E-state index contributed by atoms with van der Waals surface area (Å²) >= 11 is 4.04. The van der Waals surface area contributed by atoms with Crippen LogP contribution in [0.3, 0.4) is 0 Å². The minimum Gasteiger partial charge on any atom is -0.480 e. The number of carbonyl (C=O) groups excluding carboxylic acids is 3. The Kier molecular flexibility index (Phi) is 9.70. The molecule has 0 saturated heterocycles. The van der Waals surface area contributed by atoms with Crippen LogP contribution >= 0.6 is 12.6 Å². The Hall–Kier alpha value is -3.38. The van der Waals surface area contributed by atoms with Crippen LogP contribution in [-0.4, -0.2) is 69.2 Å². The molecule has 2 aromatic rings. The second-order valence-electron chi connectivity index (χ2n) is 6.99. The third kappa shape index (κ3) is 8.04. The number of hydrogen-bond donors (Lipinski definition) is 7. The molecule has 3 atom stereocenters. The topological polar surface area (TPSA) is 179 Å². The molecule has 0 radical (unpaired) electrons. The fraction of sp³-hybridized carbons (Fsp3) is 0.350. The number of aromatic amines is 1. The van der Waals surface area contributed by atoms with E-state index in [4.69, 9.17) is 10.8 Å². The molecule has 0 bridgehead atoms. The lowest BCUT2D eigenvalue weighted by molar-refractivity contribution is -0.138. The summed E-state index contributed by atoms with van der Waals surface area (Å²) in [7, 11) is 0. The molecular formula is C20H26N6O5S. The number of carbonyl (C=O) groups is 4. The maximum Gasteiger partial charge on any atom is 0.322 e. The van der Waals surface area contributed by atoms with Crippen LogP contribution in [0.4, 0.5) is 0 Å². The van der Waals surface area contributed by atoms with Gasteiger partial charge in [0.15, 0.2) is 0 Å². The highest BCUT2D eigenvalue weighted by Gasteiger charge is 2.28. The first-order valence-electron chi connectivity index (χ1n) is 9.78. The van der Waals surface area contributed by atoms with Crippen LogP contribution in [0.1, 0.15) is 11.3 Å². The largest absolute Gasteiger partial charge is 0.480 e. The molecular weight excluding hydrogens is 436 g/mol. The van der Waals surface area contributed by atoms with Gasteiger partial charge in [-0.15, -0.1) is 0 Å². The minimum absolute atomic E-state index is 0.0740. The van der Waals surface area contributed by atoms with Gasteiger partial charge in [0.05, 0.1) is 12.4 Å². The monoisotopic (exact) mass is 462 g/mol. The molecule has 3 amide bonds. The van der Waals surface area contributed by atoms with E-state index in [0.29, 0.717) is 5.69 Å². The lowest BCUT2D eigenvalue weighted by Gasteiger charge is -2.23. The molecule has 12 heteroatoms. The zero-order chi connectivity index (χ0) is 23.5. The maximum absolute atomic E-state index is 12.9. The number of thiol groups is 1. The number of aliphatic carboxylic acids is 1. The van der Waals surface area contributed by atoms with Crippen LogP contribution < -0.4 is 21.7 Å². The zero-order valence-electron chi connectivity index (χ0n) is 17.2. The van der Waals surface area contributed by atoms with Gasteiger partial charge in [0.25, 0.3) is 0 Å². The van der Waals surface area contributed by atoms with Gasteiger partial charge in [-0.2, -0.15) is 12.6 Å². The zero-order valence-corrected chi connectivity index (χ0v) is 18.0. The van der Waals surface area contributed by atoms with Gasteiger partial charge in [0, 0.05) is 24.1 Å². The first-order valence-corrected chi connectivity index (χ1v) is 10.4. The Morgan fingerprint density at radius 1 is 1.03 bits per heavy atom. The SMILES string of the molecule is NC(Cc1ccccc1)C(=O)NC(Cc1cnc[nH]1)C(=O)NC(CS)C(=O)NCC(=O)O. The fourth-order valence-electron chi connectivity index (χ4n) is 2.82. The van der Waals surface area contributed by atoms with Crippen molar-refractivity contribution in [2.75, 3.05) is 12.3 Å². The number of carboxylic acids is 1. The van der Waals surface area contributed by atoms with Crippen LogP contribution in [0.15, 0.2) is 42.9 Å². The lowest BCUT2D eigenvalue weighted by Crippen LogP contribution is -2.57. The Labute approximate surface area is 190 Å². The van der Waals surface area contributed by atoms with E-state index >= 15 is 0 Å². The van der Waals surface area contributed by atoms with Gasteiger partial charge in [0.2, 0.25) is 17.7 Å². The average molecular weight is 463 g/mol. The van der Waals surface area contributed by atoms with Gasteiger partial charge in [-0.05, 0) is 12.0 Å². The molecule has 0 aliphatic rings. The molecule has 32 heavy (non-hydrogen) atoms. The number of H-pyrrole nitrogens is 1. The highest BCUT2D eigenvalue weighted by molar-refractivity contribution is 7.80. The number of rotatable bonds is 12. The van der Waals surface area contributed by atoms with E-state index in [1.807, 2.05) is 30.3 Å².